The lowest BCUT2D eigenvalue weighted by Crippen LogP contribution is -2.33. The number of halogens is 1. The van der Waals surface area contributed by atoms with Crippen LogP contribution in [0.15, 0.2) is 23.1 Å². The second-order valence-corrected chi connectivity index (χ2v) is 6.68. The first-order chi connectivity index (χ1) is 8.36. The Kier molecular flexibility index (Phi) is 5.63. The van der Waals surface area contributed by atoms with Gasteiger partial charge in [0.2, 0.25) is 10.0 Å². The van der Waals surface area contributed by atoms with E-state index >= 15 is 0 Å². The zero-order valence-corrected chi connectivity index (χ0v) is 12.6. The summed E-state index contributed by atoms with van der Waals surface area (Å²) >= 11 is 5.60. The molecule has 0 aliphatic carbocycles. The van der Waals surface area contributed by atoms with Crippen LogP contribution in [0.2, 0.25) is 0 Å². The van der Waals surface area contributed by atoms with E-state index < -0.39 is 10.0 Å². The van der Waals surface area contributed by atoms with Crippen molar-refractivity contribution in [3.05, 3.63) is 29.3 Å². The average Bonchev–Trinajstić information content (AvgIpc) is 2.25. The van der Waals surface area contributed by atoms with Crippen LogP contribution < -0.4 is 4.72 Å². The van der Waals surface area contributed by atoms with Crippen molar-refractivity contribution in [3.8, 4) is 0 Å². The molecule has 0 spiro atoms. The fourth-order valence-corrected chi connectivity index (χ4v) is 3.53. The standard InChI is InChI=1S/C13H20ClNO2S/c1-10-6-7-13(11(2)9-10)18(16,17)15-12(3)5-4-8-14/h6-7,9,12,15H,4-5,8H2,1-3H3. The Morgan fingerprint density at radius 1 is 1.33 bits per heavy atom. The van der Waals surface area contributed by atoms with Crippen LogP contribution in [-0.2, 0) is 10.0 Å². The van der Waals surface area contributed by atoms with Gasteiger partial charge in [-0.25, -0.2) is 13.1 Å². The van der Waals surface area contributed by atoms with Gasteiger partial charge in [-0.2, -0.15) is 0 Å². The molecular formula is C13H20ClNO2S. The summed E-state index contributed by atoms with van der Waals surface area (Å²) in [7, 11) is -3.43. The number of aryl methyl sites for hydroxylation is 2. The Morgan fingerprint density at radius 2 is 2.00 bits per heavy atom. The van der Waals surface area contributed by atoms with Crippen LogP contribution >= 0.6 is 11.6 Å². The number of alkyl halides is 1. The lowest BCUT2D eigenvalue weighted by atomic mass is 10.2. The van der Waals surface area contributed by atoms with E-state index in [1.165, 1.54) is 0 Å². The number of hydrogen-bond donors (Lipinski definition) is 1. The molecule has 1 N–H and O–H groups in total. The summed E-state index contributed by atoms with van der Waals surface area (Å²) < 4.78 is 27.1. The molecule has 0 aliphatic rings. The van der Waals surface area contributed by atoms with Gasteiger partial charge in [0.05, 0.1) is 4.90 Å². The summed E-state index contributed by atoms with van der Waals surface area (Å²) in [5.74, 6) is 0.551. The third-order valence-corrected chi connectivity index (χ3v) is 4.76. The average molecular weight is 290 g/mol. The summed E-state index contributed by atoms with van der Waals surface area (Å²) in [6, 6.07) is 5.24. The predicted octanol–water partition coefficient (Wildman–Crippen LogP) is 2.99. The Morgan fingerprint density at radius 3 is 2.56 bits per heavy atom. The summed E-state index contributed by atoms with van der Waals surface area (Å²) in [4.78, 5) is 0.353. The van der Waals surface area contributed by atoms with Gasteiger partial charge in [-0.3, -0.25) is 0 Å². The van der Waals surface area contributed by atoms with Crippen LogP contribution in [0.4, 0.5) is 0 Å². The van der Waals surface area contributed by atoms with Gasteiger partial charge in [0.25, 0.3) is 0 Å². The van der Waals surface area contributed by atoms with Crippen molar-refractivity contribution in [1.82, 2.24) is 4.72 Å². The number of sulfonamides is 1. The van der Waals surface area contributed by atoms with E-state index in [-0.39, 0.29) is 6.04 Å². The van der Waals surface area contributed by atoms with Gasteiger partial charge < -0.3 is 0 Å². The lowest BCUT2D eigenvalue weighted by molar-refractivity contribution is 0.544. The van der Waals surface area contributed by atoms with Gasteiger partial charge in [-0.15, -0.1) is 11.6 Å². The predicted molar refractivity (Wildman–Crippen MR) is 75.7 cm³/mol. The van der Waals surface area contributed by atoms with E-state index in [0.29, 0.717) is 10.8 Å². The SMILES string of the molecule is Cc1ccc(S(=O)(=O)NC(C)CCCCl)c(C)c1. The fourth-order valence-electron chi connectivity index (χ4n) is 1.87. The lowest BCUT2D eigenvalue weighted by Gasteiger charge is -2.15. The Hall–Kier alpha value is -0.580. The molecule has 0 amide bonds. The van der Waals surface area contributed by atoms with Gasteiger partial charge >= 0.3 is 0 Å². The highest BCUT2D eigenvalue weighted by atomic mass is 35.5. The Balaban J connectivity index is 2.86. The number of nitrogens with one attached hydrogen (secondary N) is 1. The van der Waals surface area contributed by atoms with Gasteiger partial charge in [-0.1, -0.05) is 17.7 Å². The fraction of sp³-hybridized carbons (Fsp3) is 0.538. The first kappa shape index (κ1) is 15.5. The molecule has 1 atom stereocenters. The van der Waals surface area contributed by atoms with Crippen molar-refractivity contribution in [3.63, 3.8) is 0 Å². The van der Waals surface area contributed by atoms with Crippen molar-refractivity contribution in [1.29, 1.82) is 0 Å². The van der Waals surface area contributed by atoms with E-state index in [4.69, 9.17) is 11.6 Å². The zero-order chi connectivity index (χ0) is 13.8. The van der Waals surface area contributed by atoms with Crippen LogP contribution in [0.1, 0.15) is 30.9 Å². The van der Waals surface area contributed by atoms with Crippen molar-refractivity contribution in [2.45, 2.75) is 44.6 Å². The molecule has 0 radical (unpaired) electrons. The molecule has 0 fully saturated rings. The maximum absolute atomic E-state index is 12.2. The molecule has 1 rings (SSSR count). The van der Waals surface area contributed by atoms with Crippen LogP contribution in [0, 0.1) is 13.8 Å². The minimum atomic E-state index is -3.43. The molecule has 0 bridgehead atoms. The Bertz CT molecular complexity index is 500. The highest BCUT2D eigenvalue weighted by Gasteiger charge is 2.19. The Labute approximate surface area is 115 Å². The normalized spacial score (nSPS) is 13.6. The minimum Gasteiger partial charge on any atom is -0.208 e. The van der Waals surface area contributed by atoms with Gasteiger partial charge in [0, 0.05) is 11.9 Å². The zero-order valence-electron chi connectivity index (χ0n) is 11.0. The smallest absolute Gasteiger partial charge is 0.208 e. The molecule has 0 saturated carbocycles. The summed E-state index contributed by atoms with van der Waals surface area (Å²) in [6.45, 7) is 5.61. The molecule has 1 unspecified atom stereocenters. The van der Waals surface area contributed by atoms with Gasteiger partial charge in [-0.05, 0) is 45.2 Å². The molecule has 0 saturated heterocycles. The first-order valence-electron chi connectivity index (χ1n) is 6.02. The monoisotopic (exact) mass is 289 g/mol. The van der Waals surface area contributed by atoms with E-state index in [0.717, 1.165) is 24.0 Å². The first-order valence-corrected chi connectivity index (χ1v) is 8.04. The van der Waals surface area contributed by atoms with Gasteiger partial charge in [0.1, 0.15) is 0 Å². The highest BCUT2D eigenvalue weighted by molar-refractivity contribution is 7.89. The summed E-state index contributed by atoms with van der Waals surface area (Å²) in [6.07, 6.45) is 1.55. The third kappa shape index (κ3) is 4.26. The van der Waals surface area contributed by atoms with Crippen LogP contribution in [0.5, 0.6) is 0 Å². The second kappa shape index (κ2) is 6.55. The molecule has 0 heterocycles. The molecule has 3 nitrogen and oxygen atoms in total. The van der Waals surface area contributed by atoms with Gasteiger partial charge in [0.15, 0.2) is 0 Å². The maximum Gasteiger partial charge on any atom is 0.241 e. The van der Waals surface area contributed by atoms with Crippen molar-refractivity contribution >= 4 is 21.6 Å². The molecule has 18 heavy (non-hydrogen) atoms. The molecule has 0 aromatic heterocycles. The molecular weight excluding hydrogens is 270 g/mol. The molecule has 102 valence electrons. The van der Waals surface area contributed by atoms with E-state index in [2.05, 4.69) is 4.72 Å². The quantitative estimate of drug-likeness (QED) is 0.818. The second-order valence-electron chi connectivity index (χ2n) is 4.62. The van der Waals surface area contributed by atoms with Crippen molar-refractivity contribution < 1.29 is 8.42 Å². The van der Waals surface area contributed by atoms with E-state index in [1.54, 1.807) is 6.07 Å². The number of benzene rings is 1. The van der Waals surface area contributed by atoms with Crippen LogP contribution in [0.25, 0.3) is 0 Å². The van der Waals surface area contributed by atoms with Crippen LogP contribution in [-0.4, -0.2) is 20.3 Å². The van der Waals surface area contributed by atoms with E-state index in [9.17, 15) is 8.42 Å². The maximum atomic E-state index is 12.2. The summed E-state index contributed by atoms with van der Waals surface area (Å²) in [5.41, 5.74) is 1.83. The molecule has 1 aromatic carbocycles. The topological polar surface area (TPSA) is 46.2 Å². The van der Waals surface area contributed by atoms with Crippen molar-refractivity contribution in [2.75, 3.05) is 5.88 Å². The molecule has 0 aliphatic heterocycles. The summed E-state index contributed by atoms with van der Waals surface area (Å²) in [5, 5.41) is 0. The molecule has 5 heteroatoms. The highest BCUT2D eigenvalue weighted by Crippen LogP contribution is 2.17. The van der Waals surface area contributed by atoms with Crippen molar-refractivity contribution in [2.24, 2.45) is 0 Å². The largest absolute Gasteiger partial charge is 0.241 e. The minimum absolute atomic E-state index is 0.102. The van der Waals surface area contributed by atoms with E-state index in [1.807, 2.05) is 32.9 Å². The number of rotatable bonds is 6. The number of hydrogen-bond acceptors (Lipinski definition) is 2. The van der Waals surface area contributed by atoms with Crippen LogP contribution in [0.3, 0.4) is 0 Å². The molecule has 1 aromatic rings. The third-order valence-electron chi connectivity index (χ3n) is 2.75.